The van der Waals surface area contributed by atoms with Gasteiger partial charge in [0.25, 0.3) is 0 Å². The van der Waals surface area contributed by atoms with Crippen molar-refractivity contribution in [2.24, 2.45) is 0 Å². The van der Waals surface area contributed by atoms with Crippen LogP contribution in [0, 0.1) is 0 Å². The topological polar surface area (TPSA) is 33.7 Å². The van der Waals surface area contributed by atoms with E-state index in [1.165, 1.54) is 18.5 Å². The first-order valence-corrected chi connectivity index (χ1v) is 6.97. The van der Waals surface area contributed by atoms with Crippen LogP contribution in [0.3, 0.4) is 0 Å². The fourth-order valence-corrected chi connectivity index (χ4v) is 2.28. The number of ether oxygens (including phenoxy) is 2. The molecule has 0 amide bonds. The van der Waals surface area contributed by atoms with Crippen LogP contribution >= 0.6 is 0 Å². The summed E-state index contributed by atoms with van der Waals surface area (Å²) in [5, 5.41) is 3.46. The van der Waals surface area contributed by atoms with Crippen molar-refractivity contribution in [3.8, 4) is 5.75 Å². The van der Waals surface area contributed by atoms with Gasteiger partial charge in [0.2, 0.25) is 0 Å². The average Bonchev–Trinajstić information content (AvgIpc) is 2.96. The summed E-state index contributed by atoms with van der Waals surface area (Å²) in [6.45, 7) is 3.86. The number of rotatable bonds is 7. The SMILES string of the molecule is COc1ccc(N(C)CCNCC2CCCO2)cc1. The predicted molar refractivity (Wildman–Crippen MR) is 78.1 cm³/mol. The maximum atomic E-state index is 5.58. The Morgan fingerprint density at radius 2 is 2.16 bits per heavy atom. The molecule has 0 aromatic heterocycles. The van der Waals surface area contributed by atoms with Gasteiger partial charge in [0.15, 0.2) is 0 Å². The summed E-state index contributed by atoms with van der Waals surface area (Å²) in [5.74, 6) is 0.897. The highest BCUT2D eigenvalue weighted by molar-refractivity contribution is 5.48. The van der Waals surface area contributed by atoms with Gasteiger partial charge in [-0.3, -0.25) is 0 Å². The van der Waals surface area contributed by atoms with Crippen molar-refractivity contribution in [1.29, 1.82) is 0 Å². The number of nitrogens with one attached hydrogen (secondary N) is 1. The predicted octanol–water partition coefficient (Wildman–Crippen LogP) is 1.90. The summed E-state index contributed by atoms with van der Waals surface area (Å²) >= 11 is 0. The summed E-state index contributed by atoms with van der Waals surface area (Å²) in [6.07, 6.45) is 2.82. The van der Waals surface area contributed by atoms with Crippen LogP contribution in [-0.4, -0.2) is 46.5 Å². The Morgan fingerprint density at radius 3 is 2.79 bits per heavy atom. The number of anilines is 1. The molecular formula is C15H24N2O2. The third-order valence-corrected chi connectivity index (χ3v) is 3.53. The molecule has 1 fully saturated rings. The first kappa shape index (κ1) is 14.2. The first-order chi connectivity index (χ1) is 9.29. The first-order valence-electron chi connectivity index (χ1n) is 6.97. The quantitative estimate of drug-likeness (QED) is 0.763. The summed E-state index contributed by atoms with van der Waals surface area (Å²) in [6, 6.07) is 8.15. The molecule has 1 heterocycles. The van der Waals surface area contributed by atoms with Crippen LogP contribution in [0.4, 0.5) is 5.69 Å². The molecule has 0 spiro atoms. The van der Waals surface area contributed by atoms with Gasteiger partial charge in [0, 0.05) is 39.0 Å². The van der Waals surface area contributed by atoms with Crippen LogP contribution in [-0.2, 0) is 4.74 Å². The lowest BCUT2D eigenvalue weighted by Gasteiger charge is -2.20. The highest BCUT2D eigenvalue weighted by Crippen LogP contribution is 2.17. The zero-order valence-electron chi connectivity index (χ0n) is 11.9. The molecule has 0 radical (unpaired) electrons. The molecule has 1 aromatic carbocycles. The average molecular weight is 264 g/mol. The second-order valence-electron chi connectivity index (χ2n) is 4.96. The fraction of sp³-hybridized carbons (Fsp3) is 0.600. The van der Waals surface area contributed by atoms with E-state index < -0.39 is 0 Å². The number of nitrogens with zero attached hydrogens (tertiary/aromatic N) is 1. The second kappa shape index (κ2) is 7.36. The van der Waals surface area contributed by atoms with Gasteiger partial charge in [-0.1, -0.05) is 0 Å². The maximum Gasteiger partial charge on any atom is 0.119 e. The summed E-state index contributed by atoms with van der Waals surface area (Å²) in [4.78, 5) is 2.24. The van der Waals surface area contributed by atoms with Crippen LogP contribution in [0.5, 0.6) is 5.75 Å². The van der Waals surface area contributed by atoms with Gasteiger partial charge >= 0.3 is 0 Å². The highest BCUT2D eigenvalue weighted by Gasteiger charge is 2.14. The van der Waals surface area contributed by atoms with E-state index >= 15 is 0 Å². The third-order valence-electron chi connectivity index (χ3n) is 3.53. The van der Waals surface area contributed by atoms with Gasteiger partial charge in [-0.25, -0.2) is 0 Å². The number of likely N-dealkylation sites (N-methyl/N-ethyl adjacent to an activating group) is 1. The largest absolute Gasteiger partial charge is 0.497 e. The minimum atomic E-state index is 0.422. The van der Waals surface area contributed by atoms with E-state index in [0.717, 1.165) is 32.0 Å². The number of hydrogen-bond acceptors (Lipinski definition) is 4. The van der Waals surface area contributed by atoms with Crippen LogP contribution in [0.15, 0.2) is 24.3 Å². The van der Waals surface area contributed by atoms with Gasteiger partial charge in [0.1, 0.15) is 5.75 Å². The molecule has 1 N–H and O–H groups in total. The lowest BCUT2D eigenvalue weighted by atomic mass is 10.2. The van der Waals surface area contributed by atoms with Gasteiger partial charge in [-0.2, -0.15) is 0 Å². The Hall–Kier alpha value is -1.26. The summed E-state index contributed by atoms with van der Waals surface area (Å²) in [7, 11) is 3.79. The van der Waals surface area contributed by atoms with E-state index in [9.17, 15) is 0 Å². The minimum absolute atomic E-state index is 0.422. The normalized spacial score (nSPS) is 18.5. The fourth-order valence-electron chi connectivity index (χ4n) is 2.28. The second-order valence-corrected chi connectivity index (χ2v) is 4.96. The molecule has 4 nitrogen and oxygen atoms in total. The molecule has 2 rings (SSSR count). The monoisotopic (exact) mass is 264 g/mol. The third kappa shape index (κ3) is 4.40. The zero-order valence-corrected chi connectivity index (χ0v) is 11.9. The highest BCUT2D eigenvalue weighted by atomic mass is 16.5. The van der Waals surface area contributed by atoms with Gasteiger partial charge in [-0.15, -0.1) is 0 Å². The Morgan fingerprint density at radius 1 is 1.37 bits per heavy atom. The molecule has 19 heavy (non-hydrogen) atoms. The molecule has 1 unspecified atom stereocenters. The van der Waals surface area contributed by atoms with Crippen molar-refractivity contribution >= 4 is 5.69 Å². The summed E-state index contributed by atoms with van der Waals surface area (Å²) in [5.41, 5.74) is 1.21. The lowest BCUT2D eigenvalue weighted by molar-refractivity contribution is 0.110. The van der Waals surface area contributed by atoms with Crippen LogP contribution in [0.25, 0.3) is 0 Å². The van der Waals surface area contributed by atoms with E-state index in [1.807, 2.05) is 12.1 Å². The molecule has 1 atom stereocenters. The van der Waals surface area contributed by atoms with Crippen molar-refractivity contribution < 1.29 is 9.47 Å². The number of methoxy groups -OCH3 is 1. The molecular weight excluding hydrogens is 240 g/mol. The van der Waals surface area contributed by atoms with Crippen molar-refractivity contribution in [1.82, 2.24) is 5.32 Å². The Labute approximate surface area is 115 Å². The molecule has 1 aromatic rings. The lowest BCUT2D eigenvalue weighted by Crippen LogP contribution is -2.33. The molecule has 0 bridgehead atoms. The smallest absolute Gasteiger partial charge is 0.119 e. The zero-order chi connectivity index (χ0) is 13.5. The van der Waals surface area contributed by atoms with Crippen LogP contribution < -0.4 is 15.0 Å². The molecule has 0 saturated carbocycles. The Kier molecular flexibility index (Phi) is 5.48. The van der Waals surface area contributed by atoms with Crippen molar-refractivity contribution in [3.05, 3.63) is 24.3 Å². The number of benzene rings is 1. The van der Waals surface area contributed by atoms with Crippen LogP contribution in [0.1, 0.15) is 12.8 Å². The molecule has 4 heteroatoms. The van der Waals surface area contributed by atoms with E-state index in [-0.39, 0.29) is 0 Å². The summed E-state index contributed by atoms with van der Waals surface area (Å²) < 4.78 is 10.7. The van der Waals surface area contributed by atoms with Crippen molar-refractivity contribution in [2.75, 3.05) is 45.3 Å². The Bertz CT molecular complexity index is 361. The molecule has 1 aliphatic rings. The van der Waals surface area contributed by atoms with Gasteiger partial charge in [-0.05, 0) is 37.1 Å². The van der Waals surface area contributed by atoms with Crippen LogP contribution in [0.2, 0.25) is 0 Å². The maximum absolute atomic E-state index is 5.58. The van der Waals surface area contributed by atoms with E-state index in [1.54, 1.807) is 7.11 Å². The van der Waals surface area contributed by atoms with E-state index in [4.69, 9.17) is 9.47 Å². The van der Waals surface area contributed by atoms with Gasteiger partial charge in [0.05, 0.1) is 13.2 Å². The van der Waals surface area contributed by atoms with Crippen molar-refractivity contribution in [2.45, 2.75) is 18.9 Å². The standard InChI is InChI=1S/C15H24N2O2/c1-17(13-5-7-14(18-2)8-6-13)10-9-16-12-15-4-3-11-19-15/h5-8,15-16H,3-4,9-12H2,1-2H3. The number of hydrogen-bond donors (Lipinski definition) is 1. The molecule has 106 valence electrons. The van der Waals surface area contributed by atoms with E-state index in [2.05, 4.69) is 29.4 Å². The van der Waals surface area contributed by atoms with Gasteiger partial charge < -0.3 is 19.7 Å². The molecule has 1 aliphatic heterocycles. The van der Waals surface area contributed by atoms with Crippen molar-refractivity contribution in [3.63, 3.8) is 0 Å². The molecule has 1 saturated heterocycles. The molecule has 0 aliphatic carbocycles. The Balaban J connectivity index is 1.66. The minimum Gasteiger partial charge on any atom is -0.497 e. The van der Waals surface area contributed by atoms with E-state index in [0.29, 0.717) is 6.10 Å².